The lowest BCUT2D eigenvalue weighted by molar-refractivity contribution is 0.354. The summed E-state index contributed by atoms with van der Waals surface area (Å²) in [6.07, 6.45) is 5.38. The molecule has 2 aromatic rings. The zero-order chi connectivity index (χ0) is 13.0. The average Bonchev–Trinajstić information content (AvgIpc) is 2.90. The van der Waals surface area contributed by atoms with E-state index in [0.717, 1.165) is 5.56 Å². The van der Waals surface area contributed by atoms with Crippen LogP contribution in [0.25, 0.3) is 0 Å². The van der Waals surface area contributed by atoms with Crippen molar-refractivity contribution in [3.63, 3.8) is 0 Å². The van der Waals surface area contributed by atoms with Crippen LogP contribution in [0.3, 0.4) is 0 Å². The van der Waals surface area contributed by atoms with Gasteiger partial charge in [0, 0.05) is 25.0 Å². The van der Waals surface area contributed by atoms with Gasteiger partial charge in [0.05, 0.1) is 20.5 Å². The molecular weight excluding hydrogens is 230 g/mol. The molecule has 5 nitrogen and oxygen atoms in total. The van der Waals surface area contributed by atoms with E-state index in [0.29, 0.717) is 18.0 Å². The second-order valence-corrected chi connectivity index (χ2v) is 3.98. The highest BCUT2D eigenvalue weighted by Gasteiger charge is 2.10. The van der Waals surface area contributed by atoms with Gasteiger partial charge < -0.3 is 19.8 Å². The SMILES string of the molecule is COc1ccc(C(N)Cn2ccnc2)cc1OC. The molecule has 0 aliphatic carbocycles. The highest BCUT2D eigenvalue weighted by Crippen LogP contribution is 2.29. The molecule has 1 unspecified atom stereocenters. The second-order valence-electron chi connectivity index (χ2n) is 3.98. The summed E-state index contributed by atoms with van der Waals surface area (Å²) in [7, 11) is 3.23. The Bertz CT molecular complexity index is 497. The smallest absolute Gasteiger partial charge is 0.161 e. The lowest BCUT2D eigenvalue weighted by Crippen LogP contribution is -2.16. The number of aromatic nitrogens is 2. The number of nitrogens with two attached hydrogens (primary N) is 1. The molecule has 18 heavy (non-hydrogen) atoms. The van der Waals surface area contributed by atoms with E-state index in [2.05, 4.69) is 4.98 Å². The molecule has 1 aromatic heterocycles. The fourth-order valence-corrected chi connectivity index (χ4v) is 1.81. The predicted molar refractivity (Wildman–Crippen MR) is 68.7 cm³/mol. The summed E-state index contributed by atoms with van der Waals surface area (Å²) in [5, 5.41) is 0. The Morgan fingerprint density at radius 3 is 2.67 bits per heavy atom. The van der Waals surface area contributed by atoms with Crippen LogP contribution in [-0.4, -0.2) is 23.8 Å². The van der Waals surface area contributed by atoms with E-state index in [1.807, 2.05) is 29.0 Å². The number of rotatable bonds is 5. The fourth-order valence-electron chi connectivity index (χ4n) is 1.81. The van der Waals surface area contributed by atoms with Gasteiger partial charge in [-0.15, -0.1) is 0 Å². The van der Waals surface area contributed by atoms with Crippen molar-refractivity contribution in [2.24, 2.45) is 5.73 Å². The molecule has 0 bridgehead atoms. The van der Waals surface area contributed by atoms with E-state index < -0.39 is 0 Å². The first-order chi connectivity index (χ1) is 8.74. The first-order valence-electron chi connectivity index (χ1n) is 5.68. The van der Waals surface area contributed by atoms with Gasteiger partial charge >= 0.3 is 0 Å². The normalized spacial score (nSPS) is 12.2. The molecule has 0 amide bonds. The van der Waals surface area contributed by atoms with Gasteiger partial charge in [-0.25, -0.2) is 4.98 Å². The number of benzene rings is 1. The minimum Gasteiger partial charge on any atom is -0.493 e. The highest BCUT2D eigenvalue weighted by molar-refractivity contribution is 5.43. The van der Waals surface area contributed by atoms with E-state index in [1.54, 1.807) is 26.7 Å². The van der Waals surface area contributed by atoms with Crippen LogP contribution in [0.4, 0.5) is 0 Å². The molecule has 0 saturated carbocycles. The summed E-state index contributed by atoms with van der Waals surface area (Å²) in [5.74, 6) is 1.40. The zero-order valence-electron chi connectivity index (χ0n) is 10.5. The summed E-state index contributed by atoms with van der Waals surface area (Å²) in [4.78, 5) is 3.99. The number of methoxy groups -OCH3 is 2. The minimum absolute atomic E-state index is 0.112. The van der Waals surface area contributed by atoms with E-state index in [-0.39, 0.29) is 6.04 Å². The standard InChI is InChI=1S/C13H17N3O2/c1-17-12-4-3-10(7-13(12)18-2)11(14)8-16-6-5-15-9-16/h3-7,9,11H,8,14H2,1-2H3. The lowest BCUT2D eigenvalue weighted by atomic mass is 10.1. The number of hydrogen-bond acceptors (Lipinski definition) is 4. The maximum absolute atomic E-state index is 6.16. The van der Waals surface area contributed by atoms with Crippen LogP contribution in [-0.2, 0) is 6.54 Å². The van der Waals surface area contributed by atoms with Crippen molar-refractivity contribution in [2.75, 3.05) is 14.2 Å². The van der Waals surface area contributed by atoms with Gasteiger partial charge in [-0.3, -0.25) is 0 Å². The van der Waals surface area contributed by atoms with E-state index in [4.69, 9.17) is 15.2 Å². The summed E-state index contributed by atoms with van der Waals surface area (Å²) in [5.41, 5.74) is 7.16. The number of imidazole rings is 1. The number of hydrogen-bond donors (Lipinski definition) is 1. The van der Waals surface area contributed by atoms with Crippen molar-refractivity contribution in [3.8, 4) is 11.5 Å². The first kappa shape index (κ1) is 12.4. The van der Waals surface area contributed by atoms with Gasteiger partial charge in [-0.1, -0.05) is 6.07 Å². The molecular formula is C13H17N3O2. The van der Waals surface area contributed by atoms with E-state index >= 15 is 0 Å². The maximum atomic E-state index is 6.16. The van der Waals surface area contributed by atoms with Crippen LogP contribution in [0, 0.1) is 0 Å². The van der Waals surface area contributed by atoms with Crippen LogP contribution in [0.5, 0.6) is 11.5 Å². The topological polar surface area (TPSA) is 62.3 Å². The van der Waals surface area contributed by atoms with Crippen LogP contribution in [0.1, 0.15) is 11.6 Å². The predicted octanol–water partition coefficient (Wildman–Crippen LogP) is 1.60. The van der Waals surface area contributed by atoms with Crippen molar-refractivity contribution >= 4 is 0 Å². The minimum atomic E-state index is -0.112. The Morgan fingerprint density at radius 2 is 2.06 bits per heavy atom. The van der Waals surface area contributed by atoms with Crippen LogP contribution < -0.4 is 15.2 Å². The fraction of sp³-hybridized carbons (Fsp3) is 0.308. The molecule has 5 heteroatoms. The van der Waals surface area contributed by atoms with Crippen molar-refractivity contribution in [3.05, 3.63) is 42.5 Å². The number of nitrogens with zero attached hydrogens (tertiary/aromatic N) is 2. The molecule has 2 N–H and O–H groups in total. The van der Waals surface area contributed by atoms with Gasteiger partial charge in [0.1, 0.15) is 0 Å². The largest absolute Gasteiger partial charge is 0.493 e. The van der Waals surface area contributed by atoms with Crippen molar-refractivity contribution < 1.29 is 9.47 Å². The van der Waals surface area contributed by atoms with Crippen LogP contribution in [0.15, 0.2) is 36.9 Å². The van der Waals surface area contributed by atoms with Crippen molar-refractivity contribution in [1.29, 1.82) is 0 Å². The molecule has 0 saturated heterocycles. The second kappa shape index (κ2) is 5.55. The Balaban J connectivity index is 2.17. The summed E-state index contributed by atoms with van der Waals surface area (Å²) < 4.78 is 12.4. The molecule has 0 fully saturated rings. The van der Waals surface area contributed by atoms with E-state index in [1.165, 1.54) is 0 Å². The molecule has 1 atom stereocenters. The van der Waals surface area contributed by atoms with Gasteiger partial charge in [0.15, 0.2) is 11.5 Å². The molecule has 1 aromatic carbocycles. The van der Waals surface area contributed by atoms with Crippen molar-refractivity contribution in [2.45, 2.75) is 12.6 Å². The molecule has 2 rings (SSSR count). The Hall–Kier alpha value is -2.01. The molecule has 1 heterocycles. The van der Waals surface area contributed by atoms with Gasteiger partial charge in [-0.2, -0.15) is 0 Å². The Morgan fingerprint density at radius 1 is 1.28 bits per heavy atom. The van der Waals surface area contributed by atoms with Gasteiger partial charge in [0.2, 0.25) is 0 Å². The first-order valence-corrected chi connectivity index (χ1v) is 5.68. The van der Waals surface area contributed by atoms with Gasteiger partial charge in [0.25, 0.3) is 0 Å². The lowest BCUT2D eigenvalue weighted by Gasteiger charge is -2.15. The monoisotopic (exact) mass is 247 g/mol. The van der Waals surface area contributed by atoms with Crippen LogP contribution in [0.2, 0.25) is 0 Å². The summed E-state index contributed by atoms with van der Waals surface area (Å²) >= 11 is 0. The summed E-state index contributed by atoms with van der Waals surface area (Å²) in [6.45, 7) is 0.676. The number of ether oxygens (including phenoxy) is 2. The van der Waals surface area contributed by atoms with Crippen molar-refractivity contribution in [1.82, 2.24) is 9.55 Å². The third kappa shape index (κ3) is 2.62. The molecule has 0 radical (unpaired) electrons. The molecule has 0 aliphatic heterocycles. The summed E-state index contributed by atoms with van der Waals surface area (Å²) in [6, 6.07) is 5.60. The van der Waals surface area contributed by atoms with E-state index in [9.17, 15) is 0 Å². The molecule has 0 aliphatic rings. The highest BCUT2D eigenvalue weighted by atomic mass is 16.5. The third-order valence-corrected chi connectivity index (χ3v) is 2.80. The third-order valence-electron chi connectivity index (χ3n) is 2.80. The van der Waals surface area contributed by atoms with Gasteiger partial charge in [-0.05, 0) is 17.7 Å². The molecule has 0 spiro atoms. The zero-order valence-corrected chi connectivity index (χ0v) is 10.5. The quantitative estimate of drug-likeness (QED) is 0.871. The average molecular weight is 247 g/mol. The maximum Gasteiger partial charge on any atom is 0.161 e. The molecule has 96 valence electrons. The van der Waals surface area contributed by atoms with Crippen LogP contribution >= 0.6 is 0 Å². The Kier molecular flexibility index (Phi) is 3.84. The Labute approximate surface area is 106 Å².